The van der Waals surface area contributed by atoms with Crippen LogP contribution in [0.5, 0.6) is 0 Å². The van der Waals surface area contributed by atoms with Crippen molar-refractivity contribution in [2.24, 2.45) is 13.0 Å². The summed E-state index contributed by atoms with van der Waals surface area (Å²) in [5.41, 5.74) is 0.931. The lowest BCUT2D eigenvalue weighted by Gasteiger charge is -2.42. The number of piperidine rings is 1. The Labute approximate surface area is 139 Å². The first-order chi connectivity index (χ1) is 11.0. The van der Waals surface area contributed by atoms with Crippen LogP contribution in [-0.4, -0.2) is 70.8 Å². The molecule has 3 heterocycles. The number of piperazine rings is 1. The van der Waals surface area contributed by atoms with Gasteiger partial charge in [-0.15, -0.1) is 0 Å². The molecule has 0 radical (unpaired) electrons. The molecular weight excluding hydrogens is 290 g/mol. The van der Waals surface area contributed by atoms with Gasteiger partial charge in [-0.25, -0.2) is 0 Å². The van der Waals surface area contributed by atoms with Crippen LogP contribution in [-0.2, 0) is 11.8 Å². The maximum Gasteiger partial charge on any atom is 0.244 e. The number of amides is 1. The van der Waals surface area contributed by atoms with Gasteiger partial charge >= 0.3 is 0 Å². The summed E-state index contributed by atoms with van der Waals surface area (Å²) < 4.78 is 1.76. The van der Waals surface area contributed by atoms with Gasteiger partial charge in [0.25, 0.3) is 0 Å². The second kappa shape index (κ2) is 7.01. The first-order valence-electron chi connectivity index (χ1n) is 8.81. The number of carbonyl (C=O) groups is 1. The zero-order chi connectivity index (χ0) is 16.4. The number of anilines is 1. The van der Waals surface area contributed by atoms with Crippen molar-refractivity contribution < 1.29 is 4.79 Å². The van der Waals surface area contributed by atoms with Crippen molar-refractivity contribution in [1.82, 2.24) is 19.6 Å². The lowest BCUT2D eigenvalue weighted by Crippen LogP contribution is -2.58. The highest BCUT2D eigenvalue weighted by atomic mass is 16.2. The summed E-state index contributed by atoms with van der Waals surface area (Å²) in [6.45, 7) is 10.7. The molecule has 3 rings (SSSR count). The standard InChI is InChI=1S/C17H29N5O/c1-14(2)12-20-7-9-21(10-8-20)16-5-4-6-22(17(16)23)15-11-18-19(3)13-15/h11,13-14,16H,4-10,12H2,1-3H3/t16-/m0/s1. The van der Waals surface area contributed by atoms with Gasteiger partial charge in [0.15, 0.2) is 0 Å². The minimum absolute atomic E-state index is 0.0464. The van der Waals surface area contributed by atoms with E-state index in [1.807, 2.05) is 18.1 Å². The van der Waals surface area contributed by atoms with E-state index in [2.05, 4.69) is 28.7 Å². The van der Waals surface area contributed by atoms with Crippen LogP contribution < -0.4 is 4.90 Å². The van der Waals surface area contributed by atoms with E-state index < -0.39 is 0 Å². The highest BCUT2D eigenvalue weighted by Crippen LogP contribution is 2.24. The quantitative estimate of drug-likeness (QED) is 0.836. The van der Waals surface area contributed by atoms with Gasteiger partial charge in [0.1, 0.15) is 0 Å². The van der Waals surface area contributed by atoms with Gasteiger partial charge in [-0.05, 0) is 18.8 Å². The lowest BCUT2D eigenvalue weighted by molar-refractivity contribution is -0.126. The lowest BCUT2D eigenvalue weighted by atomic mass is 10.0. The van der Waals surface area contributed by atoms with Crippen LogP contribution in [0.4, 0.5) is 5.69 Å². The molecule has 2 aliphatic heterocycles. The molecule has 0 saturated carbocycles. The van der Waals surface area contributed by atoms with Crippen molar-refractivity contribution in [2.45, 2.75) is 32.7 Å². The van der Waals surface area contributed by atoms with E-state index in [0.29, 0.717) is 5.92 Å². The Morgan fingerprint density at radius 1 is 1.22 bits per heavy atom. The molecule has 1 aromatic heterocycles. The first kappa shape index (κ1) is 16.5. The normalized spacial score (nSPS) is 24.6. The maximum absolute atomic E-state index is 12.9. The van der Waals surface area contributed by atoms with Crippen LogP contribution in [0.15, 0.2) is 12.4 Å². The zero-order valence-corrected chi connectivity index (χ0v) is 14.6. The monoisotopic (exact) mass is 319 g/mol. The first-order valence-corrected chi connectivity index (χ1v) is 8.81. The summed E-state index contributed by atoms with van der Waals surface area (Å²) in [5, 5.41) is 4.20. The number of aryl methyl sites for hydroxylation is 1. The topological polar surface area (TPSA) is 44.6 Å². The summed E-state index contributed by atoms with van der Waals surface area (Å²) in [6, 6.07) is 0.0464. The molecule has 1 atom stereocenters. The fourth-order valence-corrected chi connectivity index (χ4v) is 3.77. The highest BCUT2D eigenvalue weighted by Gasteiger charge is 2.35. The smallest absolute Gasteiger partial charge is 0.244 e. The van der Waals surface area contributed by atoms with Gasteiger partial charge in [0.05, 0.1) is 17.9 Å². The van der Waals surface area contributed by atoms with Crippen molar-refractivity contribution in [3.63, 3.8) is 0 Å². The molecule has 2 fully saturated rings. The third-order valence-electron chi connectivity index (χ3n) is 4.88. The van der Waals surface area contributed by atoms with Crippen LogP contribution in [0.25, 0.3) is 0 Å². The number of rotatable bonds is 4. The van der Waals surface area contributed by atoms with E-state index in [1.165, 1.54) is 0 Å². The number of hydrogen-bond donors (Lipinski definition) is 0. The molecule has 2 saturated heterocycles. The molecule has 1 amide bonds. The number of aromatic nitrogens is 2. The molecule has 6 heteroatoms. The van der Waals surface area contributed by atoms with E-state index in [-0.39, 0.29) is 11.9 Å². The minimum atomic E-state index is 0.0464. The molecule has 0 aliphatic carbocycles. The second-order valence-electron chi connectivity index (χ2n) is 7.25. The average molecular weight is 319 g/mol. The van der Waals surface area contributed by atoms with E-state index in [1.54, 1.807) is 10.9 Å². The summed E-state index contributed by atoms with van der Waals surface area (Å²) in [6.07, 6.45) is 5.78. The van der Waals surface area contributed by atoms with Crippen LogP contribution in [0, 0.1) is 5.92 Å². The van der Waals surface area contributed by atoms with E-state index >= 15 is 0 Å². The van der Waals surface area contributed by atoms with Crippen LogP contribution in [0.2, 0.25) is 0 Å². The Bertz CT molecular complexity index is 533. The van der Waals surface area contributed by atoms with E-state index in [0.717, 1.165) is 57.8 Å². The highest BCUT2D eigenvalue weighted by molar-refractivity contribution is 5.97. The van der Waals surface area contributed by atoms with Crippen molar-refractivity contribution >= 4 is 11.6 Å². The Balaban J connectivity index is 1.61. The van der Waals surface area contributed by atoms with Gasteiger partial charge < -0.3 is 9.80 Å². The molecule has 128 valence electrons. The van der Waals surface area contributed by atoms with Crippen molar-refractivity contribution in [1.29, 1.82) is 0 Å². The molecule has 0 N–H and O–H groups in total. The Kier molecular flexibility index (Phi) is 5.02. The zero-order valence-electron chi connectivity index (χ0n) is 14.6. The van der Waals surface area contributed by atoms with Crippen molar-refractivity contribution in [2.75, 3.05) is 44.2 Å². The molecule has 0 aromatic carbocycles. The molecule has 2 aliphatic rings. The van der Waals surface area contributed by atoms with Crippen molar-refractivity contribution in [3.05, 3.63) is 12.4 Å². The van der Waals surface area contributed by atoms with Gasteiger partial charge in [0.2, 0.25) is 5.91 Å². The predicted molar refractivity (Wildman–Crippen MR) is 91.4 cm³/mol. The number of carbonyl (C=O) groups excluding carboxylic acids is 1. The minimum Gasteiger partial charge on any atom is -0.308 e. The van der Waals surface area contributed by atoms with E-state index in [9.17, 15) is 4.79 Å². The summed E-state index contributed by atoms with van der Waals surface area (Å²) in [5.74, 6) is 0.959. The fraction of sp³-hybridized carbons (Fsp3) is 0.765. The van der Waals surface area contributed by atoms with Crippen LogP contribution >= 0.6 is 0 Å². The third kappa shape index (κ3) is 3.75. The third-order valence-corrected chi connectivity index (χ3v) is 4.88. The Morgan fingerprint density at radius 3 is 2.57 bits per heavy atom. The Hall–Kier alpha value is -1.40. The average Bonchev–Trinajstić information content (AvgIpc) is 2.94. The predicted octanol–water partition coefficient (Wildman–Crippen LogP) is 1.19. The van der Waals surface area contributed by atoms with Gasteiger partial charge in [0, 0.05) is 52.5 Å². The second-order valence-corrected chi connectivity index (χ2v) is 7.25. The number of hydrogen-bond acceptors (Lipinski definition) is 4. The Morgan fingerprint density at radius 2 is 1.96 bits per heavy atom. The van der Waals surface area contributed by atoms with Gasteiger partial charge in [-0.3, -0.25) is 14.4 Å². The number of nitrogens with zero attached hydrogens (tertiary/aromatic N) is 5. The molecule has 0 spiro atoms. The molecule has 23 heavy (non-hydrogen) atoms. The molecule has 6 nitrogen and oxygen atoms in total. The van der Waals surface area contributed by atoms with Gasteiger partial charge in [-0.2, -0.15) is 5.10 Å². The summed E-state index contributed by atoms with van der Waals surface area (Å²) in [4.78, 5) is 19.8. The summed E-state index contributed by atoms with van der Waals surface area (Å²) >= 11 is 0. The van der Waals surface area contributed by atoms with Gasteiger partial charge in [-0.1, -0.05) is 13.8 Å². The summed E-state index contributed by atoms with van der Waals surface area (Å²) in [7, 11) is 1.89. The largest absolute Gasteiger partial charge is 0.308 e. The SMILES string of the molecule is CC(C)CN1CCN([C@H]2CCCN(c3cnn(C)c3)C2=O)CC1. The molecular formula is C17H29N5O. The molecule has 0 unspecified atom stereocenters. The van der Waals surface area contributed by atoms with E-state index in [4.69, 9.17) is 0 Å². The van der Waals surface area contributed by atoms with Crippen molar-refractivity contribution in [3.8, 4) is 0 Å². The molecule has 1 aromatic rings. The van der Waals surface area contributed by atoms with Crippen LogP contribution in [0.3, 0.4) is 0 Å². The molecule has 0 bridgehead atoms. The fourth-order valence-electron chi connectivity index (χ4n) is 3.77. The maximum atomic E-state index is 12.9. The van der Waals surface area contributed by atoms with Crippen LogP contribution in [0.1, 0.15) is 26.7 Å².